The Hall–Kier alpha value is -2.86. The lowest BCUT2D eigenvalue weighted by Gasteiger charge is -2.31. The normalized spacial score (nSPS) is 16.4. The largest absolute Gasteiger partial charge is 0.494 e. The summed E-state index contributed by atoms with van der Waals surface area (Å²) in [4.78, 5) is 0. The molecule has 0 radical (unpaired) electrons. The van der Waals surface area contributed by atoms with Gasteiger partial charge in [0.25, 0.3) is 0 Å². The second-order valence-electron chi connectivity index (χ2n) is 10.4. The van der Waals surface area contributed by atoms with Gasteiger partial charge in [0.05, 0.1) is 20.3 Å². The molecule has 1 aliphatic rings. The van der Waals surface area contributed by atoms with Crippen LogP contribution in [0.3, 0.4) is 0 Å². The number of methoxy groups -OCH3 is 2. The third-order valence-electron chi connectivity index (χ3n) is 6.40. The number of aliphatic hydroxyl groups excluding tert-OH is 1. The first kappa shape index (κ1) is 29.1. The molecule has 0 saturated carbocycles. The van der Waals surface area contributed by atoms with Gasteiger partial charge in [0.1, 0.15) is 23.2 Å². The number of para-hydroxylation sites is 1. The summed E-state index contributed by atoms with van der Waals surface area (Å²) in [6.07, 6.45) is 10.3. The Morgan fingerprint density at radius 3 is 2.31 bits per heavy atom. The fourth-order valence-electron chi connectivity index (χ4n) is 4.21. The minimum Gasteiger partial charge on any atom is -0.494 e. The fraction of sp³-hybridized carbons (Fsp3) is 0.429. The lowest BCUT2D eigenvalue weighted by molar-refractivity contribution is 0.204. The lowest BCUT2D eigenvalue weighted by Crippen LogP contribution is -2.30. The van der Waals surface area contributed by atoms with E-state index in [0.29, 0.717) is 29.0 Å². The number of ether oxygens (including phenoxy) is 2. The van der Waals surface area contributed by atoms with Crippen molar-refractivity contribution < 1.29 is 14.6 Å². The van der Waals surface area contributed by atoms with Crippen LogP contribution in [-0.4, -0.2) is 83.0 Å². The highest BCUT2D eigenvalue weighted by Gasteiger charge is 2.30. The summed E-state index contributed by atoms with van der Waals surface area (Å²) in [6.45, 7) is 2.79. The molecule has 4 rings (SSSR count). The average Bonchev–Trinajstić information content (AvgIpc) is 3.54. The molecule has 1 aliphatic heterocycles. The van der Waals surface area contributed by atoms with Crippen molar-refractivity contribution in [3.63, 3.8) is 0 Å². The number of aliphatic hydroxyl groups is 1. The standard InChI is InChI=1S/C28H40N6O3S2/c1-20-11-13-21(14-12-20)23(35)19-38-33(17-18-39(5,6)7)28-30-29-27(22-15-16-32(2)31-22)34(28)26-24(36-3)9-8-10-25(26)37-4/h8-16,22-23,31,35H,17-19H2,1-7H3. The lowest BCUT2D eigenvalue weighted by atomic mass is 10.1. The third kappa shape index (κ3) is 7.02. The molecule has 0 bridgehead atoms. The summed E-state index contributed by atoms with van der Waals surface area (Å²) >= 11 is 1.56. The molecule has 2 unspecified atom stereocenters. The number of rotatable bonds is 12. The molecule has 3 aromatic rings. The van der Waals surface area contributed by atoms with E-state index >= 15 is 0 Å². The van der Waals surface area contributed by atoms with Crippen LogP contribution in [0.2, 0.25) is 0 Å². The van der Waals surface area contributed by atoms with Crippen molar-refractivity contribution in [1.29, 1.82) is 0 Å². The number of nitrogens with one attached hydrogen (secondary N) is 1. The predicted octanol–water partition coefficient (Wildman–Crippen LogP) is 4.48. The SMILES string of the molecule is COc1cccc(OC)c1-n1c(C2C=CN(C)N2)nnc1N(CCS(C)(C)C)SCC(O)c1ccc(C)cc1. The molecule has 9 nitrogen and oxygen atoms in total. The highest BCUT2D eigenvalue weighted by atomic mass is 32.3. The van der Waals surface area contributed by atoms with Gasteiger partial charge in [0.2, 0.25) is 5.95 Å². The van der Waals surface area contributed by atoms with Crippen LogP contribution in [-0.2, 0) is 0 Å². The van der Waals surface area contributed by atoms with Crippen molar-refractivity contribution in [2.24, 2.45) is 0 Å². The second kappa shape index (κ2) is 12.5. The number of hydrogen-bond acceptors (Lipinski definition) is 9. The van der Waals surface area contributed by atoms with E-state index in [2.05, 4.69) is 33.6 Å². The Labute approximate surface area is 237 Å². The monoisotopic (exact) mass is 572 g/mol. The minimum absolute atomic E-state index is 0.191. The van der Waals surface area contributed by atoms with E-state index in [9.17, 15) is 5.11 Å². The van der Waals surface area contributed by atoms with Crippen molar-refractivity contribution in [3.05, 3.63) is 71.7 Å². The van der Waals surface area contributed by atoms with Gasteiger partial charge < -0.3 is 19.6 Å². The predicted molar refractivity (Wildman–Crippen MR) is 163 cm³/mol. The van der Waals surface area contributed by atoms with Crippen LogP contribution < -0.4 is 19.2 Å². The number of aromatic nitrogens is 3. The molecule has 212 valence electrons. The summed E-state index contributed by atoms with van der Waals surface area (Å²) in [6, 6.07) is 13.6. The molecular weight excluding hydrogens is 532 g/mol. The average molecular weight is 573 g/mol. The Bertz CT molecular complexity index is 1250. The summed E-state index contributed by atoms with van der Waals surface area (Å²) < 4.78 is 15.8. The molecule has 2 heterocycles. The molecule has 0 saturated heterocycles. The number of anilines is 1. The van der Waals surface area contributed by atoms with Gasteiger partial charge in [-0.1, -0.05) is 35.9 Å². The molecule has 0 fully saturated rings. The number of benzene rings is 2. The van der Waals surface area contributed by atoms with Gasteiger partial charge in [-0.3, -0.25) is 8.87 Å². The number of aryl methyl sites for hydroxylation is 1. The number of hydrogen-bond donors (Lipinski definition) is 2. The van der Waals surface area contributed by atoms with Gasteiger partial charge in [-0.25, -0.2) is 15.5 Å². The van der Waals surface area contributed by atoms with Crippen LogP contribution in [0.1, 0.15) is 29.1 Å². The van der Waals surface area contributed by atoms with Crippen LogP contribution in [0, 0.1) is 6.92 Å². The van der Waals surface area contributed by atoms with Gasteiger partial charge in [-0.2, -0.15) is 0 Å². The van der Waals surface area contributed by atoms with Crippen LogP contribution in [0.15, 0.2) is 54.7 Å². The highest BCUT2D eigenvalue weighted by molar-refractivity contribution is 8.32. The molecule has 11 heteroatoms. The van der Waals surface area contributed by atoms with Crippen LogP contribution in [0.4, 0.5) is 5.95 Å². The zero-order valence-corrected chi connectivity index (χ0v) is 25.4. The Morgan fingerprint density at radius 2 is 1.74 bits per heavy atom. The molecule has 1 aromatic heterocycles. The van der Waals surface area contributed by atoms with Crippen molar-refractivity contribution in [3.8, 4) is 17.2 Å². The molecule has 0 amide bonds. The molecule has 2 atom stereocenters. The maximum atomic E-state index is 11.0. The summed E-state index contributed by atoms with van der Waals surface area (Å²) in [5.74, 6) is 4.13. The van der Waals surface area contributed by atoms with Crippen LogP contribution in [0.5, 0.6) is 11.5 Å². The maximum Gasteiger partial charge on any atom is 0.242 e. The Kier molecular flexibility index (Phi) is 9.37. The van der Waals surface area contributed by atoms with Gasteiger partial charge >= 0.3 is 0 Å². The number of nitrogens with zero attached hydrogens (tertiary/aromatic N) is 5. The summed E-state index contributed by atoms with van der Waals surface area (Å²) in [5.41, 5.74) is 6.19. The van der Waals surface area contributed by atoms with E-state index in [1.54, 1.807) is 26.2 Å². The first-order valence-electron chi connectivity index (χ1n) is 12.8. The van der Waals surface area contributed by atoms with Crippen molar-refractivity contribution in [1.82, 2.24) is 25.2 Å². The molecule has 39 heavy (non-hydrogen) atoms. The zero-order valence-electron chi connectivity index (χ0n) is 23.8. The van der Waals surface area contributed by atoms with Crippen LogP contribution >= 0.6 is 22.0 Å². The van der Waals surface area contributed by atoms with E-state index in [1.165, 1.54) is 5.56 Å². The van der Waals surface area contributed by atoms with E-state index in [0.717, 1.165) is 23.5 Å². The first-order chi connectivity index (χ1) is 18.6. The van der Waals surface area contributed by atoms with Crippen molar-refractivity contribution in [2.75, 3.05) is 62.4 Å². The topological polar surface area (TPSA) is 87.9 Å². The first-order valence-corrected chi connectivity index (χ1v) is 16.7. The molecule has 0 aliphatic carbocycles. The van der Waals surface area contributed by atoms with E-state index in [-0.39, 0.29) is 6.04 Å². The minimum atomic E-state index is -0.796. The number of hydrazine groups is 1. The maximum absolute atomic E-state index is 11.0. The van der Waals surface area contributed by atoms with Gasteiger partial charge in [0, 0.05) is 25.5 Å². The van der Waals surface area contributed by atoms with Crippen molar-refractivity contribution >= 4 is 27.9 Å². The highest BCUT2D eigenvalue weighted by Crippen LogP contribution is 2.41. The fourth-order valence-corrected chi connectivity index (χ4v) is 6.02. The molecular formula is C28H40N6O3S2. The smallest absolute Gasteiger partial charge is 0.242 e. The summed E-state index contributed by atoms with van der Waals surface area (Å²) in [7, 11) is 4.45. The Balaban J connectivity index is 1.78. The molecule has 2 N–H and O–H groups in total. The van der Waals surface area contributed by atoms with E-state index < -0.39 is 16.1 Å². The zero-order chi connectivity index (χ0) is 28.2. The van der Waals surface area contributed by atoms with E-state index in [4.69, 9.17) is 14.6 Å². The summed E-state index contributed by atoms with van der Waals surface area (Å²) in [5, 5.41) is 22.3. The van der Waals surface area contributed by atoms with Gasteiger partial charge in [-0.05, 0) is 67.2 Å². The molecule has 0 spiro atoms. The van der Waals surface area contributed by atoms with Gasteiger partial charge in [-0.15, -0.1) is 10.2 Å². The van der Waals surface area contributed by atoms with Crippen LogP contribution in [0.25, 0.3) is 5.69 Å². The third-order valence-corrected chi connectivity index (χ3v) is 8.93. The molecule has 2 aromatic carbocycles. The van der Waals surface area contributed by atoms with E-state index in [1.807, 2.05) is 78.3 Å². The van der Waals surface area contributed by atoms with Crippen molar-refractivity contribution in [2.45, 2.75) is 19.1 Å². The quantitative estimate of drug-likeness (QED) is 0.305. The Morgan fingerprint density at radius 1 is 1.08 bits per heavy atom. The second-order valence-corrected chi connectivity index (χ2v) is 16.0. The van der Waals surface area contributed by atoms with Gasteiger partial charge in [0.15, 0.2) is 5.82 Å².